The molecule has 3 aromatic carbocycles. The summed E-state index contributed by atoms with van der Waals surface area (Å²) in [5.74, 6) is -1.33. The van der Waals surface area contributed by atoms with E-state index < -0.39 is 23.4 Å². The third-order valence-electron chi connectivity index (χ3n) is 5.11. The Hall–Kier alpha value is -4.99. The monoisotopic (exact) mass is 470 g/mol. The van der Waals surface area contributed by atoms with Gasteiger partial charge in [-0.15, -0.1) is 0 Å². The first kappa shape index (κ1) is 21.8. The maximum atomic E-state index is 14.6. The van der Waals surface area contributed by atoms with Gasteiger partial charge in [0.25, 0.3) is 0 Å². The van der Waals surface area contributed by atoms with Crippen LogP contribution in [0.25, 0.3) is 16.9 Å². The summed E-state index contributed by atoms with van der Waals surface area (Å²) in [5.41, 5.74) is 1.42. The van der Waals surface area contributed by atoms with Crippen molar-refractivity contribution in [2.45, 2.75) is 0 Å². The van der Waals surface area contributed by atoms with Crippen LogP contribution in [0.4, 0.5) is 25.0 Å². The number of benzene rings is 3. The number of halogens is 2. The van der Waals surface area contributed by atoms with E-state index in [-0.39, 0.29) is 22.5 Å². The average Bonchev–Trinajstić information content (AvgIpc) is 3.39. The Kier molecular flexibility index (Phi) is 5.68. The lowest BCUT2D eigenvalue weighted by Gasteiger charge is -2.10. The van der Waals surface area contributed by atoms with Gasteiger partial charge in [-0.3, -0.25) is 14.3 Å². The van der Waals surface area contributed by atoms with E-state index in [0.717, 1.165) is 12.1 Å². The van der Waals surface area contributed by atoms with Gasteiger partial charge in [0.1, 0.15) is 18.0 Å². The molecule has 0 spiro atoms. The molecule has 0 saturated carbocycles. The Labute approximate surface area is 197 Å². The lowest BCUT2D eigenvalue weighted by Crippen LogP contribution is -2.20. The first-order valence-corrected chi connectivity index (χ1v) is 10.4. The van der Waals surface area contributed by atoms with E-state index >= 15 is 0 Å². The summed E-state index contributed by atoms with van der Waals surface area (Å²) < 4.78 is 29.6. The molecule has 5 rings (SSSR count). The lowest BCUT2D eigenvalue weighted by molar-refractivity contribution is 0.103. The highest BCUT2D eigenvalue weighted by Crippen LogP contribution is 2.21. The predicted molar refractivity (Wildman–Crippen MR) is 126 cm³/mol. The van der Waals surface area contributed by atoms with Gasteiger partial charge in [-0.2, -0.15) is 0 Å². The minimum absolute atomic E-state index is 0.187. The number of urea groups is 1. The van der Waals surface area contributed by atoms with Crippen molar-refractivity contribution in [3.05, 3.63) is 108 Å². The van der Waals surface area contributed by atoms with Gasteiger partial charge in [0.15, 0.2) is 11.6 Å². The van der Waals surface area contributed by atoms with Crippen LogP contribution < -0.4 is 10.6 Å². The van der Waals surface area contributed by atoms with Crippen LogP contribution in [0.15, 0.2) is 85.6 Å². The van der Waals surface area contributed by atoms with Gasteiger partial charge in [-0.1, -0.05) is 6.07 Å². The minimum atomic E-state index is -0.746. The molecule has 2 N–H and O–H groups in total. The number of fused-ring (bicyclic) bond motifs is 1. The molecular weight excluding hydrogens is 454 g/mol. The van der Waals surface area contributed by atoms with Gasteiger partial charge >= 0.3 is 6.03 Å². The zero-order chi connectivity index (χ0) is 24.4. The molecular formula is C25H16F2N6O2. The second kappa shape index (κ2) is 9.10. The topological polar surface area (TPSA) is 102 Å². The van der Waals surface area contributed by atoms with Crippen molar-refractivity contribution in [2.75, 3.05) is 10.6 Å². The number of carbonyl (C=O) groups excluding carboxylic acids is 2. The van der Waals surface area contributed by atoms with E-state index in [1.54, 1.807) is 35.6 Å². The highest BCUT2D eigenvalue weighted by molar-refractivity contribution is 6.11. The molecule has 172 valence electrons. The van der Waals surface area contributed by atoms with Crippen molar-refractivity contribution < 1.29 is 18.4 Å². The van der Waals surface area contributed by atoms with Crippen LogP contribution in [0.2, 0.25) is 0 Å². The molecule has 0 aliphatic carbocycles. The molecule has 5 aromatic rings. The maximum Gasteiger partial charge on any atom is 0.323 e. The highest BCUT2D eigenvalue weighted by Gasteiger charge is 2.17. The van der Waals surface area contributed by atoms with E-state index in [4.69, 9.17) is 0 Å². The first-order chi connectivity index (χ1) is 17.0. The quantitative estimate of drug-likeness (QED) is 0.353. The number of carbonyl (C=O) groups is 2. The number of ketones is 1. The van der Waals surface area contributed by atoms with Crippen molar-refractivity contribution in [3.8, 4) is 5.82 Å². The molecule has 0 fully saturated rings. The van der Waals surface area contributed by atoms with Gasteiger partial charge in [0.05, 0.1) is 22.8 Å². The molecule has 10 heteroatoms. The summed E-state index contributed by atoms with van der Waals surface area (Å²) in [6.07, 6.45) is 6.47. The molecule has 0 radical (unpaired) electrons. The van der Waals surface area contributed by atoms with Gasteiger partial charge in [-0.25, -0.2) is 23.5 Å². The Morgan fingerprint density at radius 2 is 1.71 bits per heavy atom. The Balaban J connectivity index is 1.39. The van der Waals surface area contributed by atoms with Crippen molar-refractivity contribution >= 4 is 34.2 Å². The maximum absolute atomic E-state index is 14.6. The summed E-state index contributed by atoms with van der Waals surface area (Å²) in [6, 6.07) is 13.0. The van der Waals surface area contributed by atoms with Crippen LogP contribution in [-0.4, -0.2) is 31.3 Å². The van der Waals surface area contributed by atoms with Crippen molar-refractivity contribution in [1.82, 2.24) is 19.5 Å². The molecule has 0 aliphatic heterocycles. The number of hydrogen-bond donors (Lipinski definition) is 2. The van der Waals surface area contributed by atoms with Crippen LogP contribution in [-0.2, 0) is 0 Å². The molecule has 0 atom stereocenters. The number of amides is 2. The Bertz CT molecular complexity index is 1570. The fraction of sp³-hybridized carbons (Fsp3) is 0. The second-order valence-corrected chi connectivity index (χ2v) is 7.51. The fourth-order valence-corrected chi connectivity index (χ4v) is 3.45. The van der Waals surface area contributed by atoms with Gasteiger partial charge in [0.2, 0.25) is 0 Å². The third kappa shape index (κ3) is 4.71. The van der Waals surface area contributed by atoms with E-state index in [9.17, 15) is 18.4 Å². The minimum Gasteiger partial charge on any atom is -0.308 e. The molecule has 35 heavy (non-hydrogen) atoms. The third-order valence-corrected chi connectivity index (χ3v) is 5.11. The summed E-state index contributed by atoms with van der Waals surface area (Å²) in [5, 5.41) is 4.99. The van der Waals surface area contributed by atoms with Crippen LogP contribution in [0.5, 0.6) is 0 Å². The zero-order valence-corrected chi connectivity index (χ0v) is 17.9. The van der Waals surface area contributed by atoms with E-state index in [0.29, 0.717) is 16.9 Å². The van der Waals surface area contributed by atoms with Crippen molar-refractivity contribution in [2.24, 2.45) is 0 Å². The Morgan fingerprint density at radius 3 is 2.49 bits per heavy atom. The van der Waals surface area contributed by atoms with Crippen molar-refractivity contribution in [3.63, 3.8) is 0 Å². The number of aromatic nitrogens is 4. The number of nitrogens with one attached hydrogen (secondary N) is 2. The van der Waals surface area contributed by atoms with Gasteiger partial charge in [0, 0.05) is 29.3 Å². The second-order valence-electron chi connectivity index (χ2n) is 7.51. The summed E-state index contributed by atoms with van der Waals surface area (Å²) in [7, 11) is 0. The summed E-state index contributed by atoms with van der Waals surface area (Å²) in [4.78, 5) is 38.2. The molecule has 0 unspecified atom stereocenters. The van der Waals surface area contributed by atoms with Crippen LogP contribution >= 0.6 is 0 Å². The average molecular weight is 470 g/mol. The number of hydrogen-bond acceptors (Lipinski definition) is 5. The van der Waals surface area contributed by atoms with E-state index in [2.05, 4.69) is 25.6 Å². The molecule has 0 bridgehead atoms. The number of nitrogens with zero attached hydrogens (tertiary/aromatic N) is 4. The zero-order valence-electron chi connectivity index (χ0n) is 17.9. The van der Waals surface area contributed by atoms with Gasteiger partial charge < -0.3 is 10.6 Å². The summed E-state index contributed by atoms with van der Waals surface area (Å²) in [6.45, 7) is 0. The SMILES string of the molecule is O=C(Nc1cccc(F)c1)Nc1ccc(F)c(C(=O)c2ccc3ncc(-n4ccnc4)nc3c2)c1. The van der Waals surface area contributed by atoms with Crippen LogP contribution in [0, 0.1) is 11.6 Å². The Morgan fingerprint density at radius 1 is 0.886 bits per heavy atom. The molecule has 2 aromatic heterocycles. The number of imidazole rings is 1. The molecule has 2 heterocycles. The molecule has 8 nitrogen and oxygen atoms in total. The standard InChI is InChI=1S/C25H16F2N6O2/c26-16-2-1-3-17(11-16)30-25(35)31-18-5-6-20(27)19(12-18)24(34)15-4-7-21-22(10-15)32-23(13-29-21)33-9-8-28-14-33/h1-14H,(H2,30,31,35). The first-order valence-electron chi connectivity index (χ1n) is 10.4. The van der Waals surface area contributed by atoms with Crippen LogP contribution in [0.1, 0.15) is 15.9 Å². The molecule has 0 saturated heterocycles. The largest absolute Gasteiger partial charge is 0.323 e. The summed E-state index contributed by atoms with van der Waals surface area (Å²) >= 11 is 0. The number of rotatable bonds is 5. The van der Waals surface area contributed by atoms with Gasteiger partial charge in [-0.05, 0) is 54.6 Å². The molecule has 2 amide bonds. The normalized spacial score (nSPS) is 10.8. The van der Waals surface area contributed by atoms with E-state index in [1.807, 2.05) is 0 Å². The lowest BCUT2D eigenvalue weighted by atomic mass is 10.0. The fourth-order valence-electron chi connectivity index (χ4n) is 3.45. The van der Waals surface area contributed by atoms with Crippen LogP contribution in [0.3, 0.4) is 0 Å². The number of anilines is 2. The predicted octanol–water partition coefficient (Wildman–Crippen LogP) is 4.97. The molecule has 0 aliphatic rings. The smallest absolute Gasteiger partial charge is 0.308 e. The highest BCUT2D eigenvalue weighted by atomic mass is 19.1. The van der Waals surface area contributed by atoms with E-state index in [1.165, 1.54) is 42.5 Å². The van der Waals surface area contributed by atoms with Crippen molar-refractivity contribution in [1.29, 1.82) is 0 Å².